The Bertz CT molecular complexity index is 362. The van der Waals surface area contributed by atoms with Crippen LogP contribution in [0.3, 0.4) is 0 Å². The number of carbonyl (C=O) groups excluding carboxylic acids is 2. The molecule has 2 rings (SSSR count). The molecule has 2 nitrogen and oxygen atoms in total. The van der Waals surface area contributed by atoms with Crippen LogP contribution in [0.5, 0.6) is 0 Å². The zero-order valence-corrected chi connectivity index (χ0v) is 9.86. The minimum absolute atomic E-state index is 0.0394. The summed E-state index contributed by atoms with van der Waals surface area (Å²) in [5.41, 5.74) is 0.416. The molecule has 2 aliphatic rings. The van der Waals surface area contributed by atoms with Crippen molar-refractivity contribution < 1.29 is 9.59 Å². The maximum Gasteiger partial charge on any atom is 0.170 e. The number of allylic oxidation sites excluding steroid dienone is 2. The molecule has 0 atom stereocenters. The van der Waals surface area contributed by atoms with Crippen molar-refractivity contribution in [3.63, 3.8) is 0 Å². The van der Waals surface area contributed by atoms with E-state index in [1.54, 1.807) is 13.8 Å². The van der Waals surface area contributed by atoms with Gasteiger partial charge >= 0.3 is 0 Å². The molecule has 0 N–H and O–H groups in total. The van der Waals surface area contributed by atoms with Gasteiger partial charge < -0.3 is 0 Å². The lowest BCUT2D eigenvalue weighted by atomic mass is 9.82. The molecule has 15 heavy (non-hydrogen) atoms. The van der Waals surface area contributed by atoms with Crippen molar-refractivity contribution in [2.24, 2.45) is 11.3 Å². The van der Waals surface area contributed by atoms with Crippen LogP contribution in [0.15, 0.2) is 10.6 Å². The Kier molecular flexibility index (Phi) is 2.50. The van der Waals surface area contributed by atoms with Crippen LogP contribution >= 0.6 is 11.6 Å². The van der Waals surface area contributed by atoms with Crippen molar-refractivity contribution in [2.45, 2.75) is 39.5 Å². The highest BCUT2D eigenvalue weighted by Gasteiger charge is 2.49. The van der Waals surface area contributed by atoms with Crippen LogP contribution < -0.4 is 0 Å². The summed E-state index contributed by atoms with van der Waals surface area (Å²) < 4.78 is 0. The molecule has 1 fully saturated rings. The standard InChI is InChI=1S/C12H15ClO2/c1-7(2)11(15)10-8(13)5-12(3-4-12)6-9(10)14/h7H,3-6H2,1-2H3. The fourth-order valence-corrected chi connectivity index (χ4v) is 2.63. The van der Waals surface area contributed by atoms with Gasteiger partial charge in [0.1, 0.15) is 0 Å². The van der Waals surface area contributed by atoms with Gasteiger partial charge in [-0.05, 0) is 24.7 Å². The predicted molar refractivity (Wildman–Crippen MR) is 58.6 cm³/mol. The van der Waals surface area contributed by atoms with E-state index in [9.17, 15) is 9.59 Å². The average molecular weight is 227 g/mol. The van der Waals surface area contributed by atoms with E-state index in [1.165, 1.54) is 0 Å². The summed E-state index contributed by atoms with van der Waals surface area (Å²) in [4.78, 5) is 23.6. The Labute approximate surface area is 94.7 Å². The molecule has 3 heteroatoms. The molecule has 0 aromatic carbocycles. The van der Waals surface area contributed by atoms with Crippen molar-refractivity contribution in [3.8, 4) is 0 Å². The van der Waals surface area contributed by atoms with Gasteiger partial charge in [0, 0.05) is 17.4 Å². The minimum Gasteiger partial charge on any atom is -0.294 e. The van der Waals surface area contributed by atoms with E-state index >= 15 is 0 Å². The highest BCUT2D eigenvalue weighted by molar-refractivity contribution is 6.37. The normalized spacial score (nSPS) is 23.9. The first-order valence-electron chi connectivity index (χ1n) is 5.41. The Balaban J connectivity index is 2.30. The summed E-state index contributed by atoms with van der Waals surface area (Å²) in [7, 11) is 0. The van der Waals surface area contributed by atoms with E-state index in [2.05, 4.69) is 0 Å². The SMILES string of the molecule is CC(C)C(=O)C1=C(Cl)CC2(CC2)CC1=O. The van der Waals surface area contributed by atoms with Gasteiger partial charge in [0.15, 0.2) is 11.6 Å². The third-order valence-electron chi connectivity index (χ3n) is 3.34. The van der Waals surface area contributed by atoms with Gasteiger partial charge in [-0.25, -0.2) is 0 Å². The number of halogens is 1. The first-order valence-corrected chi connectivity index (χ1v) is 5.79. The molecule has 0 aromatic heterocycles. The van der Waals surface area contributed by atoms with E-state index in [-0.39, 0.29) is 28.5 Å². The average Bonchev–Trinajstić information content (AvgIpc) is 2.82. The molecule has 0 bridgehead atoms. The Morgan fingerprint density at radius 2 is 1.93 bits per heavy atom. The van der Waals surface area contributed by atoms with Gasteiger partial charge in [-0.3, -0.25) is 9.59 Å². The Hall–Kier alpha value is -0.630. The lowest BCUT2D eigenvalue weighted by molar-refractivity contribution is -0.124. The molecular formula is C12H15ClO2. The van der Waals surface area contributed by atoms with Crippen LogP contribution in [0.2, 0.25) is 0 Å². The fraction of sp³-hybridized carbons (Fsp3) is 0.667. The van der Waals surface area contributed by atoms with Crippen molar-refractivity contribution >= 4 is 23.2 Å². The molecular weight excluding hydrogens is 212 g/mol. The molecule has 0 unspecified atom stereocenters. The van der Waals surface area contributed by atoms with Gasteiger partial charge in [-0.2, -0.15) is 0 Å². The number of ketones is 2. The van der Waals surface area contributed by atoms with Gasteiger partial charge in [0.05, 0.1) is 5.57 Å². The summed E-state index contributed by atoms with van der Waals surface area (Å²) in [6.45, 7) is 3.60. The van der Waals surface area contributed by atoms with Crippen LogP contribution in [0.25, 0.3) is 0 Å². The second-order valence-corrected chi connectivity index (χ2v) is 5.53. The molecule has 1 saturated carbocycles. The molecule has 0 heterocycles. The van der Waals surface area contributed by atoms with E-state index in [1.807, 2.05) is 0 Å². The van der Waals surface area contributed by atoms with Crippen LogP contribution in [-0.2, 0) is 9.59 Å². The maximum atomic E-state index is 11.8. The van der Waals surface area contributed by atoms with Crippen LogP contribution in [-0.4, -0.2) is 11.6 Å². The molecule has 82 valence electrons. The van der Waals surface area contributed by atoms with Crippen molar-refractivity contribution in [1.82, 2.24) is 0 Å². The smallest absolute Gasteiger partial charge is 0.170 e. The van der Waals surface area contributed by atoms with E-state index in [4.69, 9.17) is 11.6 Å². The third kappa shape index (κ3) is 1.87. The van der Waals surface area contributed by atoms with Gasteiger partial charge in [0.25, 0.3) is 0 Å². The highest BCUT2D eigenvalue weighted by atomic mass is 35.5. The third-order valence-corrected chi connectivity index (χ3v) is 3.67. The quantitative estimate of drug-likeness (QED) is 0.679. The maximum absolute atomic E-state index is 11.8. The van der Waals surface area contributed by atoms with Gasteiger partial charge in [0.2, 0.25) is 0 Å². The molecule has 1 spiro atoms. The predicted octanol–water partition coefficient (Wildman–Crippen LogP) is 2.85. The largest absolute Gasteiger partial charge is 0.294 e. The van der Waals surface area contributed by atoms with Crippen LogP contribution in [0.1, 0.15) is 39.5 Å². The zero-order valence-electron chi connectivity index (χ0n) is 9.10. The number of Topliss-reactive ketones (excluding diaryl/α,β-unsaturated/α-hetero) is 2. The van der Waals surface area contributed by atoms with Gasteiger partial charge in [-0.1, -0.05) is 25.4 Å². The second-order valence-electron chi connectivity index (χ2n) is 5.08. The first kappa shape index (κ1) is 10.9. The van der Waals surface area contributed by atoms with Crippen LogP contribution in [0.4, 0.5) is 0 Å². The first-order chi connectivity index (χ1) is 6.95. The van der Waals surface area contributed by atoms with E-state index in [0.717, 1.165) is 19.3 Å². The zero-order chi connectivity index (χ0) is 11.2. The Morgan fingerprint density at radius 3 is 2.33 bits per heavy atom. The van der Waals surface area contributed by atoms with E-state index in [0.29, 0.717) is 11.5 Å². The fourth-order valence-electron chi connectivity index (χ4n) is 2.15. The number of hydrogen-bond acceptors (Lipinski definition) is 2. The van der Waals surface area contributed by atoms with E-state index < -0.39 is 0 Å². The molecule has 0 radical (unpaired) electrons. The van der Waals surface area contributed by atoms with Gasteiger partial charge in [-0.15, -0.1) is 0 Å². The minimum atomic E-state index is -0.147. The lowest BCUT2D eigenvalue weighted by Crippen LogP contribution is -2.26. The van der Waals surface area contributed by atoms with Crippen molar-refractivity contribution in [2.75, 3.05) is 0 Å². The lowest BCUT2D eigenvalue weighted by Gasteiger charge is -2.22. The Morgan fingerprint density at radius 1 is 1.33 bits per heavy atom. The summed E-state index contributed by atoms with van der Waals surface area (Å²) in [6, 6.07) is 0. The molecule has 0 amide bonds. The van der Waals surface area contributed by atoms with Crippen LogP contribution in [0, 0.1) is 11.3 Å². The highest BCUT2D eigenvalue weighted by Crippen LogP contribution is 2.57. The second kappa shape index (κ2) is 3.44. The number of hydrogen-bond donors (Lipinski definition) is 0. The molecule has 2 aliphatic carbocycles. The molecule has 0 aliphatic heterocycles. The van der Waals surface area contributed by atoms with Crippen molar-refractivity contribution in [1.29, 1.82) is 0 Å². The topological polar surface area (TPSA) is 34.1 Å². The summed E-state index contributed by atoms with van der Waals surface area (Å²) in [5, 5.41) is 0.502. The molecule has 0 saturated heterocycles. The molecule has 0 aromatic rings. The van der Waals surface area contributed by atoms with Crippen molar-refractivity contribution in [3.05, 3.63) is 10.6 Å². The number of carbonyl (C=O) groups is 2. The summed E-state index contributed by atoms with van der Waals surface area (Å²) >= 11 is 6.08. The summed E-state index contributed by atoms with van der Waals surface area (Å²) in [5.74, 6) is -0.283. The number of rotatable bonds is 2. The monoisotopic (exact) mass is 226 g/mol. The summed E-state index contributed by atoms with van der Waals surface area (Å²) in [6.07, 6.45) is 3.42.